The number of rotatable bonds is 7. The Balaban J connectivity index is 2.79. The second-order valence-corrected chi connectivity index (χ2v) is 5.94. The molecule has 0 saturated carbocycles. The van der Waals surface area contributed by atoms with Gasteiger partial charge in [0.25, 0.3) is 0 Å². The molecule has 0 atom stereocenters. The molecule has 0 aliphatic heterocycles. The van der Waals surface area contributed by atoms with E-state index in [9.17, 15) is 8.78 Å². The van der Waals surface area contributed by atoms with Crippen LogP contribution in [0.2, 0.25) is 0 Å². The molecule has 1 aromatic rings. The molecule has 1 heterocycles. The quantitative estimate of drug-likeness (QED) is 0.808. The maximum absolute atomic E-state index is 13.7. The number of nitrogens with one attached hydrogen (secondary N) is 2. The first kappa shape index (κ1) is 16.6. The molecule has 4 nitrogen and oxygen atoms in total. The van der Waals surface area contributed by atoms with E-state index in [1.54, 1.807) is 0 Å². The maximum Gasteiger partial charge on any atom is 0.168 e. The Morgan fingerprint density at radius 1 is 1.15 bits per heavy atom. The van der Waals surface area contributed by atoms with Gasteiger partial charge in [-0.2, -0.15) is 0 Å². The van der Waals surface area contributed by atoms with Gasteiger partial charge in [-0.25, -0.2) is 13.8 Å². The van der Waals surface area contributed by atoms with Crippen molar-refractivity contribution in [3.05, 3.63) is 17.7 Å². The average molecular weight is 286 g/mol. The summed E-state index contributed by atoms with van der Waals surface area (Å²) < 4.78 is 27.2. The van der Waals surface area contributed by atoms with Crippen LogP contribution in [0, 0.1) is 17.0 Å². The van der Waals surface area contributed by atoms with Crippen molar-refractivity contribution in [2.45, 2.75) is 20.8 Å². The molecule has 6 heteroatoms. The van der Waals surface area contributed by atoms with E-state index in [0.717, 1.165) is 12.6 Å². The van der Waals surface area contributed by atoms with E-state index < -0.39 is 11.6 Å². The van der Waals surface area contributed by atoms with Crippen molar-refractivity contribution in [1.82, 2.24) is 9.88 Å². The second kappa shape index (κ2) is 6.83. The number of pyridine rings is 1. The first-order valence-electron chi connectivity index (χ1n) is 6.73. The topological polar surface area (TPSA) is 40.2 Å². The number of aromatic nitrogens is 1. The fraction of sp³-hybridized carbons (Fsp3) is 0.643. The lowest BCUT2D eigenvalue weighted by atomic mass is 9.93. The lowest BCUT2D eigenvalue weighted by Crippen LogP contribution is -2.34. The molecule has 114 valence electrons. The van der Waals surface area contributed by atoms with Gasteiger partial charge in [0.2, 0.25) is 0 Å². The predicted octanol–water partition coefficient (Wildman–Crippen LogP) is 2.79. The molecule has 0 saturated heterocycles. The molecular weight excluding hydrogens is 262 g/mol. The summed E-state index contributed by atoms with van der Waals surface area (Å²) in [6, 6.07) is 0.853. The second-order valence-electron chi connectivity index (χ2n) is 5.94. The molecule has 0 amide bonds. The van der Waals surface area contributed by atoms with Crippen molar-refractivity contribution in [2.24, 2.45) is 5.41 Å². The zero-order chi connectivity index (χ0) is 15.3. The molecule has 0 aliphatic carbocycles. The van der Waals surface area contributed by atoms with Gasteiger partial charge in [-0.15, -0.1) is 0 Å². The highest BCUT2D eigenvalue weighted by atomic mass is 19.1. The van der Waals surface area contributed by atoms with Gasteiger partial charge in [-0.05, 0) is 26.4 Å². The highest BCUT2D eigenvalue weighted by molar-refractivity contribution is 5.47. The van der Waals surface area contributed by atoms with Gasteiger partial charge in [-0.3, -0.25) is 0 Å². The molecule has 20 heavy (non-hydrogen) atoms. The fourth-order valence-corrected chi connectivity index (χ4v) is 2.12. The summed E-state index contributed by atoms with van der Waals surface area (Å²) in [5, 5.41) is 5.74. The summed E-state index contributed by atoms with van der Waals surface area (Å²) in [6.45, 7) is 7.91. The van der Waals surface area contributed by atoms with Crippen LogP contribution in [0.1, 0.15) is 20.8 Å². The van der Waals surface area contributed by atoms with Gasteiger partial charge in [0.1, 0.15) is 0 Å². The molecule has 0 bridgehead atoms. The molecule has 2 N–H and O–H groups in total. The molecule has 0 aliphatic rings. The number of hydrogen-bond donors (Lipinski definition) is 2. The number of nitrogens with zero attached hydrogens (tertiary/aromatic N) is 2. The van der Waals surface area contributed by atoms with E-state index in [1.165, 1.54) is 0 Å². The SMILES string of the molecule is CCNc1nc(NCC(C)(C)CN(C)C)c(F)cc1F. The van der Waals surface area contributed by atoms with Crippen LogP contribution < -0.4 is 10.6 Å². The Kier molecular flexibility index (Phi) is 5.68. The molecule has 0 fully saturated rings. The van der Waals surface area contributed by atoms with Crippen LogP contribution in [0.25, 0.3) is 0 Å². The van der Waals surface area contributed by atoms with Gasteiger partial charge in [-0.1, -0.05) is 13.8 Å². The van der Waals surface area contributed by atoms with Crippen LogP contribution in [0.4, 0.5) is 20.4 Å². The van der Waals surface area contributed by atoms with E-state index in [0.29, 0.717) is 13.1 Å². The highest BCUT2D eigenvalue weighted by Crippen LogP contribution is 2.21. The van der Waals surface area contributed by atoms with Crippen molar-refractivity contribution in [3.8, 4) is 0 Å². The third-order valence-corrected chi connectivity index (χ3v) is 2.75. The van der Waals surface area contributed by atoms with E-state index >= 15 is 0 Å². The summed E-state index contributed by atoms with van der Waals surface area (Å²) in [7, 11) is 3.98. The molecule has 0 unspecified atom stereocenters. The van der Waals surface area contributed by atoms with Crippen LogP contribution in [-0.4, -0.2) is 43.6 Å². The summed E-state index contributed by atoms with van der Waals surface area (Å²) in [6.07, 6.45) is 0. The Labute approximate surface area is 119 Å². The van der Waals surface area contributed by atoms with Crippen LogP contribution in [0.5, 0.6) is 0 Å². The highest BCUT2D eigenvalue weighted by Gasteiger charge is 2.20. The Hall–Kier alpha value is -1.43. The number of halogens is 2. The van der Waals surface area contributed by atoms with Crippen molar-refractivity contribution >= 4 is 11.6 Å². The third kappa shape index (κ3) is 4.92. The zero-order valence-electron chi connectivity index (χ0n) is 12.8. The third-order valence-electron chi connectivity index (χ3n) is 2.75. The zero-order valence-corrected chi connectivity index (χ0v) is 12.8. The fourth-order valence-electron chi connectivity index (χ4n) is 2.12. The van der Waals surface area contributed by atoms with E-state index in [2.05, 4.69) is 34.4 Å². The largest absolute Gasteiger partial charge is 0.368 e. The Bertz CT molecular complexity index is 447. The average Bonchev–Trinajstić information content (AvgIpc) is 2.29. The standard InChI is InChI=1S/C14H24F2N4/c1-6-17-12-10(15)7-11(16)13(19-12)18-8-14(2,3)9-20(4)5/h7H,6,8-9H2,1-5H3,(H2,17,18,19). The minimum absolute atomic E-state index is 0.0512. The van der Waals surface area contributed by atoms with Crippen molar-refractivity contribution in [3.63, 3.8) is 0 Å². The number of anilines is 2. The molecule has 0 radical (unpaired) electrons. The van der Waals surface area contributed by atoms with E-state index in [-0.39, 0.29) is 17.1 Å². The first-order chi connectivity index (χ1) is 9.25. The molecule has 0 spiro atoms. The lowest BCUT2D eigenvalue weighted by Gasteiger charge is -2.28. The Morgan fingerprint density at radius 3 is 2.20 bits per heavy atom. The number of hydrogen-bond acceptors (Lipinski definition) is 4. The first-order valence-corrected chi connectivity index (χ1v) is 6.73. The van der Waals surface area contributed by atoms with Crippen LogP contribution in [-0.2, 0) is 0 Å². The summed E-state index contributed by atoms with van der Waals surface area (Å²) in [5.41, 5.74) is -0.0512. The Morgan fingerprint density at radius 2 is 1.70 bits per heavy atom. The van der Waals surface area contributed by atoms with Crippen molar-refractivity contribution in [1.29, 1.82) is 0 Å². The summed E-state index contributed by atoms with van der Waals surface area (Å²) in [5.74, 6) is -1.21. The van der Waals surface area contributed by atoms with Crippen LogP contribution in [0.15, 0.2) is 6.07 Å². The van der Waals surface area contributed by atoms with Gasteiger partial charge >= 0.3 is 0 Å². The van der Waals surface area contributed by atoms with Gasteiger partial charge < -0.3 is 15.5 Å². The predicted molar refractivity (Wildman–Crippen MR) is 79.1 cm³/mol. The monoisotopic (exact) mass is 286 g/mol. The smallest absolute Gasteiger partial charge is 0.168 e. The summed E-state index contributed by atoms with van der Waals surface area (Å²) in [4.78, 5) is 6.03. The van der Waals surface area contributed by atoms with E-state index in [1.807, 2.05) is 21.0 Å². The van der Waals surface area contributed by atoms with Crippen molar-refractivity contribution in [2.75, 3.05) is 44.4 Å². The molecular formula is C14H24F2N4. The minimum atomic E-state index is -0.678. The minimum Gasteiger partial charge on any atom is -0.368 e. The molecule has 0 aromatic carbocycles. The normalized spacial score (nSPS) is 11.8. The van der Waals surface area contributed by atoms with Gasteiger partial charge in [0, 0.05) is 25.7 Å². The molecule has 1 aromatic heterocycles. The van der Waals surface area contributed by atoms with Crippen LogP contribution in [0.3, 0.4) is 0 Å². The van der Waals surface area contributed by atoms with Crippen molar-refractivity contribution < 1.29 is 8.78 Å². The summed E-state index contributed by atoms with van der Waals surface area (Å²) >= 11 is 0. The van der Waals surface area contributed by atoms with Gasteiger partial charge in [0.15, 0.2) is 23.3 Å². The van der Waals surface area contributed by atoms with Crippen LogP contribution >= 0.6 is 0 Å². The maximum atomic E-state index is 13.7. The van der Waals surface area contributed by atoms with E-state index in [4.69, 9.17) is 0 Å². The lowest BCUT2D eigenvalue weighted by molar-refractivity contribution is 0.254. The molecule has 1 rings (SSSR count). The van der Waals surface area contributed by atoms with Gasteiger partial charge in [0.05, 0.1) is 0 Å².